The molecule has 28 heavy (non-hydrogen) atoms. The first-order chi connectivity index (χ1) is 13.2. The number of hydrogen-bond acceptors (Lipinski definition) is 3. The van der Waals surface area contributed by atoms with Crippen molar-refractivity contribution in [3.05, 3.63) is 71.3 Å². The summed E-state index contributed by atoms with van der Waals surface area (Å²) in [5, 5.41) is 6.27. The number of nitrogens with one attached hydrogen (secondary N) is 2. The highest BCUT2D eigenvalue weighted by molar-refractivity contribution is 5.69. The molecule has 1 aliphatic rings. The number of carbonyl (C=O) groups excluding carboxylic acids is 1. The van der Waals surface area contributed by atoms with Crippen molar-refractivity contribution in [2.45, 2.75) is 44.2 Å². The van der Waals surface area contributed by atoms with E-state index in [9.17, 15) is 13.6 Å². The van der Waals surface area contributed by atoms with Gasteiger partial charge in [-0.25, -0.2) is 13.6 Å². The highest BCUT2D eigenvalue weighted by Crippen LogP contribution is 2.36. The van der Waals surface area contributed by atoms with E-state index >= 15 is 0 Å². The van der Waals surface area contributed by atoms with E-state index in [1.807, 2.05) is 30.3 Å². The third-order valence-electron chi connectivity index (χ3n) is 4.91. The smallest absolute Gasteiger partial charge is 0.408 e. The third kappa shape index (κ3) is 4.68. The van der Waals surface area contributed by atoms with E-state index in [-0.39, 0.29) is 5.92 Å². The molecule has 2 N–H and O–H groups in total. The van der Waals surface area contributed by atoms with Gasteiger partial charge in [0, 0.05) is 25.1 Å². The summed E-state index contributed by atoms with van der Waals surface area (Å²) in [6.07, 6.45) is -0.0682. The molecule has 2 atom stereocenters. The van der Waals surface area contributed by atoms with Gasteiger partial charge in [0.1, 0.15) is 17.2 Å². The van der Waals surface area contributed by atoms with Crippen LogP contribution in [0.25, 0.3) is 0 Å². The first kappa shape index (κ1) is 20.3. The molecule has 0 unspecified atom stereocenters. The van der Waals surface area contributed by atoms with Crippen LogP contribution in [-0.2, 0) is 11.2 Å². The largest absolute Gasteiger partial charge is 0.444 e. The number of hydrogen-bond donors (Lipinski definition) is 2. The molecule has 0 aromatic heterocycles. The zero-order chi connectivity index (χ0) is 20.4. The first-order valence-electron chi connectivity index (χ1n) is 9.39. The molecule has 150 valence electrons. The molecule has 6 heteroatoms. The molecule has 4 nitrogen and oxygen atoms in total. The number of benzene rings is 2. The minimum absolute atomic E-state index is 0.374. The molecule has 1 fully saturated rings. The fraction of sp³-hybridized carbons (Fsp3) is 0.409. The topological polar surface area (TPSA) is 50.4 Å². The van der Waals surface area contributed by atoms with Crippen LogP contribution >= 0.6 is 0 Å². The number of rotatable bonds is 4. The second kappa shape index (κ2) is 7.87. The number of halogens is 2. The first-order valence-corrected chi connectivity index (χ1v) is 9.39. The van der Waals surface area contributed by atoms with Gasteiger partial charge in [0.25, 0.3) is 0 Å². The van der Waals surface area contributed by atoms with Crippen LogP contribution in [0.5, 0.6) is 0 Å². The molecule has 1 amide bonds. The van der Waals surface area contributed by atoms with Gasteiger partial charge in [0.05, 0.1) is 5.54 Å². The van der Waals surface area contributed by atoms with Crippen LogP contribution < -0.4 is 10.6 Å². The molecule has 1 aliphatic heterocycles. The summed E-state index contributed by atoms with van der Waals surface area (Å²) < 4.78 is 33.5. The van der Waals surface area contributed by atoms with Gasteiger partial charge >= 0.3 is 6.09 Å². The summed E-state index contributed by atoms with van der Waals surface area (Å²) in [6, 6.07) is 13.3. The van der Waals surface area contributed by atoms with Gasteiger partial charge in [-0.3, -0.25) is 0 Å². The van der Waals surface area contributed by atoms with Crippen molar-refractivity contribution >= 4 is 6.09 Å². The molecule has 3 rings (SSSR count). The van der Waals surface area contributed by atoms with Gasteiger partial charge in [0.2, 0.25) is 0 Å². The van der Waals surface area contributed by atoms with Gasteiger partial charge in [-0.05, 0) is 44.4 Å². The van der Waals surface area contributed by atoms with Crippen LogP contribution in [0.3, 0.4) is 0 Å². The Morgan fingerprint density at radius 3 is 2.57 bits per heavy atom. The summed E-state index contributed by atoms with van der Waals surface area (Å²) in [6.45, 7) is 6.29. The van der Waals surface area contributed by atoms with Crippen LogP contribution in [0.4, 0.5) is 13.6 Å². The van der Waals surface area contributed by atoms with E-state index in [2.05, 4.69) is 10.6 Å². The Bertz CT molecular complexity index is 836. The van der Waals surface area contributed by atoms with Crippen LogP contribution in [0.2, 0.25) is 0 Å². The highest BCUT2D eigenvalue weighted by atomic mass is 19.1. The average molecular weight is 388 g/mol. The van der Waals surface area contributed by atoms with Crippen LogP contribution in [0, 0.1) is 11.6 Å². The summed E-state index contributed by atoms with van der Waals surface area (Å²) >= 11 is 0. The molecular formula is C22H26F2N2O2. The average Bonchev–Trinajstić information content (AvgIpc) is 2.96. The van der Waals surface area contributed by atoms with Gasteiger partial charge in [0.15, 0.2) is 0 Å². The monoisotopic (exact) mass is 388 g/mol. The molecule has 0 bridgehead atoms. The summed E-state index contributed by atoms with van der Waals surface area (Å²) in [5.41, 5.74) is -0.0728. The molecule has 1 heterocycles. The molecule has 2 aromatic carbocycles. The molecule has 1 saturated heterocycles. The number of alkyl carbamates (subject to hydrolysis) is 1. The van der Waals surface area contributed by atoms with E-state index in [1.165, 1.54) is 12.1 Å². The fourth-order valence-corrected chi connectivity index (χ4v) is 3.78. The standard InChI is InChI=1S/C22H26F2N2O2/c1-21(2,3)28-20(27)26-22(12-15-7-5-4-6-8-15)14-25-13-18(22)17-10-9-16(23)11-19(17)24/h4-11,18,25H,12-14H2,1-3H3,(H,26,27)/t18-,22+/m1/s1. The Morgan fingerprint density at radius 1 is 1.21 bits per heavy atom. The summed E-state index contributed by atoms with van der Waals surface area (Å²) in [5.74, 6) is -1.61. The van der Waals surface area contributed by atoms with Crippen LogP contribution in [-0.4, -0.2) is 30.3 Å². The lowest BCUT2D eigenvalue weighted by Gasteiger charge is -2.37. The highest BCUT2D eigenvalue weighted by Gasteiger charge is 2.46. The van der Waals surface area contributed by atoms with Crippen molar-refractivity contribution in [3.63, 3.8) is 0 Å². The fourth-order valence-electron chi connectivity index (χ4n) is 3.78. The predicted octanol–water partition coefficient (Wildman–Crippen LogP) is 4.16. The van der Waals surface area contributed by atoms with Crippen molar-refractivity contribution in [2.75, 3.05) is 13.1 Å². The van der Waals surface area contributed by atoms with Gasteiger partial charge in [-0.2, -0.15) is 0 Å². The van der Waals surface area contributed by atoms with Crippen molar-refractivity contribution < 1.29 is 18.3 Å². The minimum Gasteiger partial charge on any atom is -0.444 e. The zero-order valence-corrected chi connectivity index (χ0v) is 16.4. The van der Waals surface area contributed by atoms with Gasteiger partial charge in [-0.1, -0.05) is 36.4 Å². The molecular weight excluding hydrogens is 362 g/mol. The Morgan fingerprint density at radius 2 is 1.93 bits per heavy atom. The van der Waals surface area contributed by atoms with Crippen LogP contribution in [0.15, 0.2) is 48.5 Å². The van der Waals surface area contributed by atoms with E-state index in [1.54, 1.807) is 20.8 Å². The second-order valence-electron chi connectivity index (χ2n) is 8.29. The Kier molecular flexibility index (Phi) is 5.70. The summed E-state index contributed by atoms with van der Waals surface area (Å²) in [7, 11) is 0. The predicted molar refractivity (Wildman–Crippen MR) is 104 cm³/mol. The SMILES string of the molecule is CC(C)(C)OC(=O)N[C@@]1(Cc2ccccc2)CNC[C@@H]1c1ccc(F)cc1F. The maximum absolute atomic E-state index is 14.6. The number of ether oxygens (including phenoxy) is 1. The van der Waals surface area contributed by atoms with Crippen molar-refractivity contribution in [2.24, 2.45) is 0 Å². The second-order valence-corrected chi connectivity index (χ2v) is 8.29. The van der Waals surface area contributed by atoms with Crippen molar-refractivity contribution in [1.29, 1.82) is 0 Å². The Labute approximate surface area is 164 Å². The lowest BCUT2D eigenvalue weighted by Crippen LogP contribution is -2.56. The third-order valence-corrected chi connectivity index (χ3v) is 4.91. The molecule has 0 aliphatic carbocycles. The van der Waals surface area contributed by atoms with E-state index in [0.29, 0.717) is 25.1 Å². The Balaban J connectivity index is 1.97. The normalized spacial score (nSPS) is 22.1. The molecule has 0 saturated carbocycles. The van der Waals surface area contributed by atoms with E-state index in [4.69, 9.17) is 4.74 Å². The lowest BCUT2D eigenvalue weighted by atomic mass is 9.77. The van der Waals surface area contributed by atoms with Crippen molar-refractivity contribution in [1.82, 2.24) is 10.6 Å². The van der Waals surface area contributed by atoms with E-state index in [0.717, 1.165) is 11.6 Å². The zero-order valence-electron chi connectivity index (χ0n) is 16.4. The van der Waals surface area contributed by atoms with Gasteiger partial charge in [-0.15, -0.1) is 0 Å². The molecule has 0 spiro atoms. The quantitative estimate of drug-likeness (QED) is 0.827. The van der Waals surface area contributed by atoms with Crippen molar-refractivity contribution in [3.8, 4) is 0 Å². The Hall–Kier alpha value is -2.47. The lowest BCUT2D eigenvalue weighted by molar-refractivity contribution is 0.0453. The summed E-state index contributed by atoms with van der Waals surface area (Å²) in [4.78, 5) is 12.6. The molecule has 0 radical (unpaired) electrons. The number of amides is 1. The van der Waals surface area contributed by atoms with E-state index < -0.39 is 28.9 Å². The number of carbonyl (C=O) groups is 1. The molecule has 2 aromatic rings. The van der Waals surface area contributed by atoms with Crippen LogP contribution in [0.1, 0.15) is 37.8 Å². The maximum Gasteiger partial charge on any atom is 0.408 e. The minimum atomic E-state index is -0.803. The maximum atomic E-state index is 14.6. The van der Waals surface area contributed by atoms with Gasteiger partial charge < -0.3 is 15.4 Å².